The van der Waals surface area contributed by atoms with E-state index in [2.05, 4.69) is 0 Å². The lowest BCUT2D eigenvalue weighted by Gasteiger charge is -2.25. The van der Waals surface area contributed by atoms with E-state index in [-0.39, 0.29) is 17.8 Å². The Morgan fingerprint density at radius 2 is 1.47 bits per heavy atom. The van der Waals surface area contributed by atoms with Gasteiger partial charge in [-0.3, -0.25) is 4.70 Å². The van der Waals surface area contributed by atoms with Crippen LogP contribution in [0.3, 0.4) is 0 Å². The number of hydrogen-bond acceptors (Lipinski definition) is 2. The molecule has 94 valence electrons. The van der Waals surface area contributed by atoms with Gasteiger partial charge in [-0.25, -0.2) is 8.42 Å². The minimum atomic E-state index is -4.30. The number of rotatable bonds is 2. The van der Waals surface area contributed by atoms with Gasteiger partial charge in [0.05, 0.1) is 0 Å². The molecule has 0 aromatic carbocycles. The molecule has 3 nitrogen and oxygen atoms in total. The monoisotopic (exact) mass is 249 g/mol. The van der Waals surface area contributed by atoms with Crippen LogP contribution in [0.4, 0.5) is 13.5 Å². The standard InChI is InChI=1S/C6H11F2NO2S.C2H6.FH/c7-6(8)12(10,11)9-4-2-1-3-5-9;1-2;/h6H,1-5H2;1-2H3;1H. The molecular weight excluding hydrogens is 231 g/mol. The van der Waals surface area contributed by atoms with Gasteiger partial charge in [0.2, 0.25) is 0 Å². The average Bonchev–Trinajstić information content (AvgIpc) is 2.22. The van der Waals surface area contributed by atoms with Gasteiger partial charge in [0.1, 0.15) is 0 Å². The highest BCUT2D eigenvalue weighted by Gasteiger charge is 2.32. The first kappa shape index (κ1) is 17.1. The molecule has 15 heavy (non-hydrogen) atoms. The van der Waals surface area contributed by atoms with Crippen molar-refractivity contribution in [3.63, 3.8) is 0 Å². The van der Waals surface area contributed by atoms with Crippen LogP contribution in [0.15, 0.2) is 0 Å². The van der Waals surface area contributed by atoms with E-state index in [1.165, 1.54) is 0 Å². The molecule has 0 spiro atoms. The quantitative estimate of drug-likeness (QED) is 0.752. The number of nitrogens with zero attached hydrogens (tertiary/aromatic N) is 1. The fraction of sp³-hybridized carbons (Fsp3) is 1.00. The van der Waals surface area contributed by atoms with Crippen molar-refractivity contribution in [2.75, 3.05) is 13.1 Å². The first-order valence-corrected chi connectivity index (χ1v) is 6.32. The molecule has 1 fully saturated rings. The lowest BCUT2D eigenvalue weighted by atomic mass is 10.2. The second-order valence-electron chi connectivity index (χ2n) is 2.77. The van der Waals surface area contributed by atoms with Crippen molar-refractivity contribution < 1.29 is 21.9 Å². The Labute approximate surface area is 88.9 Å². The van der Waals surface area contributed by atoms with Gasteiger partial charge in [0.15, 0.2) is 0 Å². The maximum Gasteiger partial charge on any atom is 0.350 e. The predicted molar refractivity (Wildman–Crippen MR) is 54.2 cm³/mol. The molecule has 0 N–H and O–H groups in total. The van der Waals surface area contributed by atoms with E-state index < -0.39 is 15.8 Å². The molecular formula is C8H18F3NO2S. The SMILES string of the molecule is CC.F.O=S(=O)(C(F)F)N1CCCCC1. The Morgan fingerprint density at radius 1 is 1.07 bits per heavy atom. The van der Waals surface area contributed by atoms with Gasteiger partial charge in [0, 0.05) is 13.1 Å². The van der Waals surface area contributed by atoms with Gasteiger partial charge in [-0.15, -0.1) is 0 Å². The van der Waals surface area contributed by atoms with Gasteiger partial charge in [0.25, 0.3) is 10.0 Å². The molecule has 0 saturated carbocycles. The number of halogens is 3. The zero-order valence-corrected chi connectivity index (χ0v) is 9.77. The van der Waals surface area contributed by atoms with Gasteiger partial charge in [-0.05, 0) is 12.8 Å². The Kier molecular flexibility index (Phi) is 9.04. The Hall–Kier alpha value is -0.300. The summed E-state index contributed by atoms with van der Waals surface area (Å²) in [6.07, 6.45) is 2.30. The summed E-state index contributed by atoms with van der Waals surface area (Å²) < 4.78 is 46.5. The van der Waals surface area contributed by atoms with Crippen LogP contribution in [-0.2, 0) is 10.0 Å². The van der Waals surface area contributed by atoms with E-state index in [9.17, 15) is 17.2 Å². The zero-order valence-electron chi connectivity index (χ0n) is 8.95. The summed E-state index contributed by atoms with van der Waals surface area (Å²) in [6, 6.07) is 0. The van der Waals surface area contributed by atoms with E-state index in [1.807, 2.05) is 13.8 Å². The van der Waals surface area contributed by atoms with Crippen LogP contribution in [0, 0.1) is 0 Å². The van der Waals surface area contributed by atoms with Crippen LogP contribution >= 0.6 is 0 Å². The molecule has 7 heteroatoms. The van der Waals surface area contributed by atoms with Gasteiger partial charge in [-0.1, -0.05) is 20.3 Å². The highest BCUT2D eigenvalue weighted by atomic mass is 32.2. The van der Waals surface area contributed by atoms with Crippen LogP contribution in [-0.4, -0.2) is 31.6 Å². The van der Waals surface area contributed by atoms with Gasteiger partial charge >= 0.3 is 5.76 Å². The fourth-order valence-corrected chi connectivity index (χ4v) is 2.22. The largest absolute Gasteiger partial charge is 0.350 e. The summed E-state index contributed by atoms with van der Waals surface area (Å²) in [5.74, 6) is -3.27. The summed E-state index contributed by atoms with van der Waals surface area (Å²) in [5.41, 5.74) is 0. The number of sulfonamides is 1. The summed E-state index contributed by atoms with van der Waals surface area (Å²) in [4.78, 5) is 0. The highest BCUT2D eigenvalue weighted by molar-refractivity contribution is 7.89. The van der Waals surface area contributed by atoms with E-state index in [0.29, 0.717) is 12.8 Å². The second kappa shape index (κ2) is 7.92. The summed E-state index contributed by atoms with van der Waals surface area (Å²) in [5, 5.41) is 0. The van der Waals surface area contributed by atoms with E-state index in [1.54, 1.807) is 0 Å². The van der Waals surface area contributed by atoms with Gasteiger partial charge in [-0.2, -0.15) is 13.1 Å². The number of hydrogen-bond donors (Lipinski definition) is 0. The first-order valence-electron chi connectivity index (χ1n) is 4.82. The van der Waals surface area contributed by atoms with Crippen LogP contribution in [0.1, 0.15) is 33.1 Å². The summed E-state index contributed by atoms with van der Waals surface area (Å²) in [7, 11) is -4.30. The van der Waals surface area contributed by atoms with E-state index >= 15 is 0 Å². The Balaban J connectivity index is 0. The average molecular weight is 249 g/mol. The van der Waals surface area contributed by atoms with Crippen molar-refractivity contribution in [2.45, 2.75) is 38.9 Å². The van der Waals surface area contributed by atoms with Crippen molar-refractivity contribution in [3.8, 4) is 0 Å². The molecule has 1 aliphatic rings. The fourth-order valence-electron chi connectivity index (χ4n) is 1.23. The molecule has 0 aromatic heterocycles. The molecule has 0 aromatic rings. The van der Waals surface area contributed by atoms with E-state index in [0.717, 1.165) is 10.7 Å². The molecule has 0 radical (unpaired) electrons. The molecule has 1 aliphatic heterocycles. The summed E-state index contributed by atoms with van der Waals surface area (Å²) in [6.45, 7) is 4.49. The van der Waals surface area contributed by atoms with Crippen molar-refractivity contribution in [1.82, 2.24) is 4.31 Å². The first-order chi connectivity index (χ1) is 6.55. The van der Waals surface area contributed by atoms with Crippen molar-refractivity contribution in [2.24, 2.45) is 0 Å². The third kappa shape index (κ3) is 4.83. The molecule has 0 unspecified atom stereocenters. The molecule has 0 atom stereocenters. The predicted octanol–water partition coefficient (Wildman–Crippen LogP) is 2.20. The van der Waals surface area contributed by atoms with Crippen LogP contribution < -0.4 is 0 Å². The minimum absolute atomic E-state index is 0. The van der Waals surface area contributed by atoms with Crippen LogP contribution in [0.25, 0.3) is 0 Å². The smallest absolute Gasteiger partial charge is 0.269 e. The molecule has 0 aliphatic carbocycles. The molecule has 1 heterocycles. The highest BCUT2D eigenvalue weighted by Crippen LogP contribution is 2.17. The normalized spacial score (nSPS) is 17.7. The maximum absolute atomic E-state index is 12.0. The molecule has 1 rings (SSSR count). The van der Waals surface area contributed by atoms with Crippen molar-refractivity contribution in [1.29, 1.82) is 0 Å². The van der Waals surface area contributed by atoms with Gasteiger partial charge < -0.3 is 0 Å². The van der Waals surface area contributed by atoms with Crippen LogP contribution in [0.5, 0.6) is 0 Å². The zero-order chi connectivity index (χ0) is 11.2. The topological polar surface area (TPSA) is 37.4 Å². The minimum Gasteiger partial charge on any atom is -0.269 e. The number of piperidine rings is 1. The molecule has 1 saturated heterocycles. The van der Waals surface area contributed by atoms with E-state index in [4.69, 9.17) is 0 Å². The molecule has 0 bridgehead atoms. The molecule has 0 amide bonds. The van der Waals surface area contributed by atoms with Crippen molar-refractivity contribution >= 4 is 10.0 Å². The third-order valence-electron chi connectivity index (χ3n) is 1.90. The lowest BCUT2D eigenvalue weighted by Crippen LogP contribution is -2.38. The Morgan fingerprint density at radius 3 is 1.80 bits per heavy atom. The number of alkyl halides is 2. The third-order valence-corrected chi connectivity index (χ3v) is 3.44. The lowest BCUT2D eigenvalue weighted by molar-refractivity contribution is 0.213. The summed E-state index contributed by atoms with van der Waals surface area (Å²) >= 11 is 0. The second-order valence-corrected chi connectivity index (χ2v) is 4.67. The van der Waals surface area contributed by atoms with Crippen LogP contribution in [0.2, 0.25) is 0 Å². The Bertz CT molecular complexity index is 238. The van der Waals surface area contributed by atoms with Crippen molar-refractivity contribution in [3.05, 3.63) is 0 Å². The maximum atomic E-state index is 12.0.